The summed E-state index contributed by atoms with van der Waals surface area (Å²) in [5.74, 6) is 0.897. The van der Waals surface area contributed by atoms with Crippen molar-refractivity contribution < 1.29 is 32.5 Å². The first-order valence-electron chi connectivity index (χ1n) is 10.3. The van der Waals surface area contributed by atoms with Crippen molar-refractivity contribution in [2.45, 2.75) is 38.5 Å². The van der Waals surface area contributed by atoms with E-state index < -0.39 is 23.4 Å². The van der Waals surface area contributed by atoms with Crippen LogP contribution >= 0.6 is 0 Å². The Morgan fingerprint density at radius 3 is 2.19 bits per heavy atom. The van der Waals surface area contributed by atoms with Gasteiger partial charge in [0.15, 0.2) is 0 Å². The van der Waals surface area contributed by atoms with Crippen LogP contribution in [0.15, 0.2) is 42.5 Å². The highest BCUT2D eigenvalue weighted by Crippen LogP contribution is 2.36. The molecule has 0 bridgehead atoms. The van der Waals surface area contributed by atoms with Crippen molar-refractivity contribution in [1.29, 1.82) is 0 Å². The average Bonchev–Trinajstić information content (AvgIpc) is 2.74. The van der Waals surface area contributed by atoms with Gasteiger partial charge in [-0.3, -0.25) is 0 Å². The summed E-state index contributed by atoms with van der Waals surface area (Å²) in [6.45, 7) is 4.47. The normalized spacial score (nSPS) is 16.1. The summed E-state index contributed by atoms with van der Waals surface area (Å²) in [4.78, 5) is 14.1. The third-order valence-corrected chi connectivity index (χ3v) is 5.77. The van der Waals surface area contributed by atoms with E-state index in [1.807, 2.05) is 13.8 Å². The van der Waals surface area contributed by atoms with Gasteiger partial charge in [0, 0.05) is 24.8 Å². The highest BCUT2D eigenvalue weighted by Gasteiger charge is 2.37. The highest BCUT2D eigenvalue weighted by atomic mass is 19.4. The molecule has 2 aromatic rings. The fraction of sp³-hybridized carbons (Fsp3) is 0.435. The second-order valence-corrected chi connectivity index (χ2v) is 8.20. The van der Waals surface area contributed by atoms with Crippen molar-refractivity contribution in [3.8, 4) is 17.2 Å². The van der Waals surface area contributed by atoms with Gasteiger partial charge in [0.1, 0.15) is 17.2 Å². The van der Waals surface area contributed by atoms with Crippen LogP contribution < -0.4 is 14.8 Å². The van der Waals surface area contributed by atoms with Crippen molar-refractivity contribution in [2.24, 2.45) is 5.92 Å². The Labute approximate surface area is 184 Å². The first-order chi connectivity index (χ1) is 15.0. The monoisotopic (exact) mass is 452 g/mol. The van der Waals surface area contributed by atoms with Crippen LogP contribution in [0.3, 0.4) is 0 Å². The Morgan fingerprint density at radius 2 is 1.66 bits per heavy atom. The number of methoxy groups -OCH3 is 1. The number of urea groups is 1. The minimum absolute atomic E-state index is 0.0296. The summed E-state index contributed by atoms with van der Waals surface area (Å²) >= 11 is 0. The zero-order chi connectivity index (χ0) is 23.5. The summed E-state index contributed by atoms with van der Waals surface area (Å²) in [7, 11) is 1.50. The zero-order valence-electron chi connectivity index (χ0n) is 18.2. The number of halogens is 3. The topological polar surface area (TPSA) is 71.0 Å². The molecule has 1 heterocycles. The molecule has 9 heteroatoms. The number of carbonyl (C=O) groups is 1. The maximum atomic E-state index is 13.4. The third-order valence-electron chi connectivity index (χ3n) is 5.77. The van der Waals surface area contributed by atoms with E-state index in [4.69, 9.17) is 9.47 Å². The lowest BCUT2D eigenvalue weighted by Gasteiger charge is -2.40. The number of ether oxygens (including phenoxy) is 2. The van der Waals surface area contributed by atoms with Crippen LogP contribution in [0.25, 0.3) is 0 Å². The number of carbonyl (C=O) groups excluding carboxylic acids is 1. The first-order valence-corrected chi connectivity index (χ1v) is 10.3. The number of nitrogens with zero attached hydrogens (tertiary/aromatic N) is 1. The van der Waals surface area contributed by atoms with Crippen LogP contribution in [-0.2, 0) is 6.18 Å². The number of amides is 2. The highest BCUT2D eigenvalue weighted by molar-refractivity contribution is 5.89. The van der Waals surface area contributed by atoms with Crippen LogP contribution in [0.4, 0.5) is 23.7 Å². The zero-order valence-corrected chi connectivity index (χ0v) is 18.2. The molecule has 1 aliphatic rings. The lowest BCUT2D eigenvalue weighted by molar-refractivity contribution is -0.137. The standard InChI is InChI=1S/C23H27F3N2O4/c1-15(2)22(30)8-10-28(11-9-22)21(29)27-17-12-16(23(24,25)26)13-20(14-17)32-19-6-4-18(31-3)5-7-19/h4-7,12-15,30H,8-11H2,1-3H3,(H,27,29). The second-order valence-electron chi connectivity index (χ2n) is 8.20. The van der Waals surface area contributed by atoms with Crippen molar-refractivity contribution in [1.82, 2.24) is 4.90 Å². The summed E-state index contributed by atoms with van der Waals surface area (Å²) < 4.78 is 50.9. The molecule has 2 N–H and O–H groups in total. The molecule has 0 aliphatic carbocycles. The lowest BCUT2D eigenvalue weighted by atomic mass is 9.82. The fourth-order valence-corrected chi connectivity index (χ4v) is 3.55. The maximum Gasteiger partial charge on any atom is 0.416 e. The van der Waals surface area contributed by atoms with E-state index in [0.29, 0.717) is 37.4 Å². The first kappa shape index (κ1) is 23.7. The Balaban J connectivity index is 1.76. The van der Waals surface area contributed by atoms with Crippen LogP contribution in [0.2, 0.25) is 0 Å². The van der Waals surface area contributed by atoms with Gasteiger partial charge in [-0.1, -0.05) is 13.8 Å². The molecular formula is C23H27F3N2O4. The molecule has 0 spiro atoms. The van der Waals surface area contributed by atoms with Crippen molar-refractivity contribution in [3.05, 3.63) is 48.0 Å². The number of alkyl halides is 3. The predicted molar refractivity (Wildman–Crippen MR) is 114 cm³/mol. The van der Waals surface area contributed by atoms with E-state index in [1.54, 1.807) is 24.3 Å². The molecule has 0 unspecified atom stereocenters. The average molecular weight is 452 g/mol. The number of nitrogens with one attached hydrogen (secondary N) is 1. The van der Waals surface area contributed by atoms with E-state index in [0.717, 1.165) is 12.1 Å². The number of piperidine rings is 1. The number of rotatable bonds is 5. The molecule has 32 heavy (non-hydrogen) atoms. The Bertz CT molecular complexity index is 937. The van der Waals surface area contributed by atoms with Gasteiger partial charge in [0.2, 0.25) is 0 Å². The molecule has 0 radical (unpaired) electrons. The molecule has 1 saturated heterocycles. The Morgan fingerprint density at radius 1 is 1.06 bits per heavy atom. The van der Waals surface area contributed by atoms with Gasteiger partial charge < -0.3 is 24.8 Å². The number of aliphatic hydroxyl groups is 1. The van der Waals surface area contributed by atoms with Crippen LogP contribution in [0.5, 0.6) is 17.2 Å². The quantitative estimate of drug-likeness (QED) is 0.627. The van der Waals surface area contributed by atoms with Gasteiger partial charge in [-0.05, 0) is 55.2 Å². The minimum atomic E-state index is -4.61. The lowest BCUT2D eigenvalue weighted by Crippen LogP contribution is -2.50. The third kappa shape index (κ3) is 5.64. The Kier molecular flexibility index (Phi) is 6.88. The van der Waals surface area contributed by atoms with Crippen LogP contribution in [-0.4, -0.2) is 41.8 Å². The molecule has 2 amide bonds. The van der Waals surface area contributed by atoms with Crippen LogP contribution in [0.1, 0.15) is 32.3 Å². The molecule has 2 aromatic carbocycles. The molecule has 1 aliphatic heterocycles. The van der Waals surface area contributed by atoms with E-state index in [1.165, 1.54) is 18.1 Å². The molecule has 3 rings (SSSR count). The van der Waals surface area contributed by atoms with Crippen LogP contribution in [0, 0.1) is 5.92 Å². The molecule has 6 nitrogen and oxygen atoms in total. The SMILES string of the molecule is COc1ccc(Oc2cc(NC(=O)N3CCC(O)(C(C)C)CC3)cc(C(F)(F)F)c2)cc1. The van der Waals surface area contributed by atoms with Gasteiger partial charge in [0.25, 0.3) is 0 Å². The molecule has 0 atom stereocenters. The van der Waals surface area contributed by atoms with Crippen molar-refractivity contribution >= 4 is 11.7 Å². The summed E-state index contributed by atoms with van der Waals surface area (Å²) in [5.41, 5.74) is -1.81. The van der Waals surface area contributed by atoms with E-state index >= 15 is 0 Å². The number of anilines is 1. The van der Waals surface area contributed by atoms with Crippen molar-refractivity contribution in [2.75, 3.05) is 25.5 Å². The molecule has 0 saturated carbocycles. The Hall–Kier alpha value is -2.94. The van der Waals surface area contributed by atoms with Gasteiger partial charge >= 0.3 is 12.2 Å². The largest absolute Gasteiger partial charge is 0.497 e. The minimum Gasteiger partial charge on any atom is -0.497 e. The summed E-state index contributed by atoms with van der Waals surface area (Å²) in [6, 6.07) is 8.95. The number of hydrogen-bond donors (Lipinski definition) is 2. The molecule has 1 fully saturated rings. The molecule has 174 valence electrons. The smallest absolute Gasteiger partial charge is 0.416 e. The van der Waals surface area contributed by atoms with E-state index in [2.05, 4.69) is 5.32 Å². The second kappa shape index (κ2) is 9.28. The number of benzene rings is 2. The van der Waals surface area contributed by atoms with Gasteiger partial charge in [-0.2, -0.15) is 13.2 Å². The number of likely N-dealkylation sites (tertiary alicyclic amines) is 1. The van der Waals surface area contributed by atoms with Gasteiger partial charge in [-0.15, -0.1) is 0 Å². The van der Waals surface area contributed by atoms with Gasteiger partial charge in [-0.25, -0.2) is 4.79 Å². The van der Waals surface area contributed by atoms with E-state index in [-0.39, 0.29) is 17.4 Å². The molecular weight excluding hydrogens is 425 g/mol. The van der Waals surface area contributed by atoms with Gasteiger partial charge in [0.05, 0.1) is 18.3 Å². The summed E-state index contributed by atoms with van der Waals surface area (Å²) in [5, 5.41) is 13.1. The summed E-state index contributed by atoms with van der Waals surface area (Å²) in [6.07, 6.45) is -3.79. The fourth-order valence-electron chi connectivity index (χ4n) is 3.55. The molecule has 0 aromatic heterocycles. The van der Waals surface area contributed by atoms with E-state index in [9.17, 15) is 23.1 Å². The number of hydrogen-bond acceptors (Lipinski definition) is 4. The van der Waals surface area contributed by atoms with Crippen molar-refractivity contribution in [3.63, 3.8) is 0 Å². The maximum absolute atomic E-state index is 13.4. The predicted octanol–water partition coefficient (Wildman–Crippen LogP) is 5.52.